The molecule has 0 unspecified atom stereocenters. The Morgan fingerprint density at radius 2 is 1.88 bits per heavy atom. The smallest absolute Gasteiger partial charge is 0.123 e. The van der Waals surface area contributed by atoms with Crippen molar-refractivity contribution in [2.75, 3.05) is 0 Å². The minimum absolute atomic E-state index is 0.0597. The summed E-state index contributed by atoms with van der Waals surface area (Å²) in [5.41, 5.74) is 7.83. The molecule has 1 atom stereocenters. The van der Waals surface area contributed by atoms with Gasteiger partial charge in [0.05, 0.1) is 17.1 Å². The molecule has 0 aliphatic rings. The zero-order chi connectivity index (χ0) is 11.1. The fourth-order valence-electron chi connectivity index (χ4n) is 1.93. The van der Waals surface area contributed by atoms with Crippen LogP contribution in [0.3, 0.4) is 0 Å². The maximum Gasteiger partial charge on any atom is 0.123 e. The summed E-state index contributed by atoms with van der Waals surface area (Å²) in [6.07, 6.45) is 0. The summed E-state index contributed by atoms with van der Waals surface area (Å²) < 4.78 is 0. The molecule has 0 bridgehead atoms. The van der Waals surface area contributed by atoms with Crippen molar-refractivity contribution in [3.63, 3.8) is 0 Å². The van der Waals surface area contributed by atoms with Crippen molar-refractivity contribution < 1.29 is 0 Å². The average molecular weight is 211 g/mol. The van der Waals surface area contributed by atoms with E-state index in [4.69, 9.17) is 5.73 Å². The first-order valence-corrected chi connectivity index (χ1v) is 5.38. The lowest BCUT2D eigenvalue weighted by atomic mass is 10.1. The summed E-state index contributed by atoms with van der Waals surface area (Å²) in [6, 6.07) is 12.4. The lowest BCUT2D eigenvalue weighted by Crippen LogP contribution is -2.06. The van der Waals surface area contributed by atoms with Gasteiger partial charge in [0.2, 0.25) is 0 Å². The molecule has 0 aliphatic carbocycles. The highest BCUT2D eigenvalue weighted by molar-refractivity contribution is 5.95. The summed E-state index contributed by atoms with van der Waals surface area (Å²) in [7, 11) is 0. The van der Waals surface area contributed by atoms with Crippen LogP contribution in [0, 0.1) is 0 Å². The topological polar surface area (TPSA) is 54.7 Å². The monoisotopic (exact) mass is 211 g/mol. The van der Waals surface area contributed by atoms with Gasteiger partial charge in [-0.2, -0.15) is 0 Å². The number of nitrogens with two attached hydrogens (primary N) is 1. The lowest BCUT2D eigenvalue weighted by Gasteiger charge is -1.96. The number of aromatic nitrogens is 2. The lowest BCUT2D eigenvalue weighted by molar-refractivity contribution is 0.760. The molecule has 1 aromatic heterocycles. The summed E-state index contributed by atoms with van der Waals surface area (Å²) in [5, 5.41) is 2.42. The molecule has 0 spiro atoms. The minimum Gasteiger partial charge on any atom is -0.341 e. The second-order valence-electron chi connectivity index (χ2n) is 4.13. The average Bonchev–Trinajstić information content (AvgIpc) is 2.68. The van der Waals surface area contributed by atoms with Crippen molar-refractivity contribution in [3.05, 3.63) is 42.2 Å². The van der Waals surface area contributed by atoms with Gasteiger partial charge in [-0.3, -0.25) is 0 Å². The molecular formula is C13H13N3. The molecule has 1 heterocycles. The van der Waals surface area contributed by atoms with Crippen LogP contribution in [0.15, 0.2) is 36.4 Å². The van der Waals surface area contributed by atoms with E-state index in [1.807, 2.05) is 19.1 Å². The van der Waals surface area contributed by atoms with Crippen LogP contribution in [-0.2, 0) is 0 Å². The standard InChI is InChI=1S/C13H13N3/c1-8(14)13-15-11-6-9-4-2-3-5-10(9)7-12(11)16-13/h2-8H,14H2,1H3,(H,15,16)/t8-/m0/s1. The molecule has 3 aromatic rings. The Labute approximate surface area is 93.3 Å². The number of aromatic amines is 1. The first-order valence-electron chi connectivity index (χ1n) is 5.38. The molecule has 2 aromatic carbocycles. The van der Waals surface area contributed by atoms with Crippen molar-refractivity contribution in [1.29, 1.82) is 0 Å². The zero-order valence-corrected chi connectivity index (χ0v) is 9.07. The Morgan fingerprint density at radius 1 is 1.19 bits per heavy atom. The highest BCUT2D eigenvalue weighted by Gasteiger charge is 2.07. The predicted molar refractivity (Wildman–Crippen MR) is 66.2 cm³/mol. The summed E-state index contributed by atoms with van der Waals surface area (Å²) >= 11 is 0. The van der Waals surface area contributed by atoms with Crippen LogP contribution in [-0.4, -0.2) is 9.97 Å². The number of fused-ring (bicyclic) bond motifs is 2. The van der Waals surface area contributed by atoms with Crippen LogP contribution in [0.5, 0.6) is 0 Å². The zero-order valence-electron chi connectivity index (χ0n) is 9.07. The van der Waals surface area contributed by atoms with Gasteiger partial charge >= 0.3 is 0 Å². The number of rotatable bonds is 1. The fourth-order valence-corrected chi connectivity index (χ4v) is 1.93. The van der Waals surface area contributed by atoms with E-state index in [1.54, 1.807) is 0 Å². The molecule has 0 amide bonds. The van der Waals surface area contributed by atoms with Crippen LogP contribution in [0.1, 0.15) is 18.8 Å². The van der Waals surface area contributed by atoms with E-state index in [1.165, 1.54) is 10.8 Å². The highest BCUT2D eigenvalue weighted by atomic mass is 15.0. The Bertz CT molecular complexity index is 600. The van der Waals surface area contributed by atoms with Crippen molar-refractivity contribution in [2.45, 2.75) is 13.0 Å². The Morgan fingerprint density at radius 3 is 2.56 bits per heavy atom. The number of hydrogen-bond donors (Lipinski definition) is 2. The van der Waals surface area contributed by atoms with E-state index in [-0.39, 0.29) is 6.04 Å². The normalized spacial score (nSPS) is 13.4. The van der Waals surface area contributed by atoms with Gasteiger partial charge in [-0.25, -0.2) is 4.98 Å². The fraction of sp³-hybridized carbons (Fsp3) is 0.154. The van der Waals surface area contributed by atoms with E-state index >= 15 is 0 Å². The summed E-state index contributed by atoms with van der Waals surface area (Å²) in [4.78, 5) is 7.73. The van der Waals surface area contributed by atoms with Crippen LogP contribution < -0.4 is 5.73 Å². The molecule has 0 fully saturated rings. The maximum atomic E-state index is 5.81. The van der Waals surface area contributed by atoms with E-state index in [2.05, 4.69) is 34.2 Å². The van der Waals surface area contributed by atoms with E-state index < -0.39 is 0 Å². The van der Waals surface area contributed by atoms with Crippen molar-refractivity contribution >= 4 is 21.8 Å². The van der Waals surface area contributed by atoms with Gasteiger partial charge in [0.15, 0.2) is 0 Å². The van der Waals surface area contributed by atoms with Crippen LogP contribution in [0.2, 0.25) is 0 Å². The van der Waals surface area contributed by atoms with E-state index in [0.717, 1.165) is 16.9 Å². The molecule has 0 saturated carbocycles. The Kier molecular flexibility index (Phi) is 1.94. The molecule has 0 radical (unpaired) electrons. The third kappa shape index (κ3) is 1.37. The molecule has 0 aliphatic heterocycles. The van der Waals surface area contributed by atoms with E-state index in [0.29, 0.717) is 0 Å². The molecular weight excluding hydrogens is 198 g/mol. The number of hydrogen-bond acceptors (Lipinski definition) is 2. The van der Waals surface area contributed by atoms with Crippen LogP contribution in [0.25, 0.3) is 21.8 Å². The summed E-state index contributed by atoms with van der Waals surface area (Å²) in [6.45, 7) is 1.93. The quantitative estimate of drug-likeness (QED) is 0.650. The molecule has 16 heavy (non-hydrogen) atoms. The maximum absolute atomic E-state index is 5.81. The van der Waals surface area contributed by atoms with Gasteiger partial charge in [-0.15, -0.1) is 0 Å². The first kappa shape index (κ1) is 9.36. The van der Waals surface area contributed by atoms with Crippen molar-refractivity contribution in [1.82, 2.24) is 9.97 Å². The summed E-state index contributed by atoms with van der Waals surface area (Å²) in [5.74, 6) is 0.838. The number of imidazole rings is 1. The van der Waals surface area contributed by atoms with Gasteiger partial charge in [-0.1, -0.05) is 24.3 Å². The van der Waals surface area contributed by atoms with Crippen LogP contribution in [0.4, 0.5) is 0 Å². The second-order valence-corrected chi connectivity index (χ2v) is 4.13. The molecule has 3 heteroatoms. The SMILES string of the molecule is C[C@H](N)c1nc2cc3ccccc3cc2[nH]1. The van der Waals surface area contributed by atoms with Crippen molar-refractivity contribution in [3.8, 4) is 0 Å². The van der Waals surface area contributed by atoms with Crippen LogP contribution >= 0.6 is 0 Å². The van der Waals surface area contributed by atoms with Gasteiger partial charge in [0.25, 0.3) is 0 Å². The van der Waals surface area contributed by atoms with Crippen molar-refractivity contribution in [2.24, 2.45) is 5.73 Å². The van der Waals surface area contributed by atoms with E-state index in [9.17, 15) is 0 Å². The number of nitrogens with one attached hydrogen (secondary N) is 1. The van der Waals surface area contributed by atoms with Gasteiger partial charge in [0.1, 0.15) is 5.82 Å². The highest BCUT2D eigenvalue weighted by Crippen LogP contribution is 2.22. The molecule has 0 saturated heterocycles. The third-order valence-corrected chi connectivity index (χ3v) is 2.80. The van der Waals surface area contributed by atoms with Gasteiger partial charge in [-0.05, 0) is 29.8 Å². The first-order chi connectivity index (χ1) is 7.74. The second kappa shape index (κ2) is 3.32. The molecule has 3 nitrogen and oxygen atoms in total. The minimum atomic E-state index is -0.0597. The Hall–Kier alpha value is -1.87. The molecule has 3 N–H and O–H groups in total. The molecule has 80 valence electrons. The predicted octanol–water partition coefficient (Wildman–Crippen LogP) is 2.74. The Balaban J connectivity index is 2.34. The van der Waals surface area contributed by atoms with Gasteiger partial charge < -0.3 is 10.7 Å². The number of nitrogens with zero attached hydrogens (tertiary/aromatic N) is 1. The number of benzene rings is 2. The number of H-pyrrole nitrogens is 1. The molecule has 3 rings (SSSR count). The largest absolute Gasteiger partial charge is 0.341 e. The van der Waals surface area contributed by atoms with Gasteiger partial charge in [0, 0.05) is 0 Å². The third-order valence-electron chi connectivity index (χ3n) is 2.80.